The van der Waals surface area contributed by atoms with Crippen molar-refractivity contribution in [3.63, 3.8) is 0 Å². The van der Waals surface area contributed by atoms with Crippen LogP contribution in [0.5, 0.6) is 0 Å². The first-order chi connectivity index (χ1) is 11.5. The van der Waals surface area contributed by atoms with Gasteiger partial charge >= 0.3 is 0 Å². The highest BCUT2D eigenvalue weighted by Gasteiger charge is 2.07. The molecule has 0 spiro atoms. The van der Waals surface area contributed by atoms with Gasteiger partial charge in [0.25, 0.3) is 11.5 Å². The van der Waals surface area contributed by atoms with E-state index in [1.54, 1.807) is 37.4 Å². The third-order valence-electron chi connectivity index (χ3n) is 3.51. The molecule has 1 N–H and O–H groups in total. The minimum absolute atomic E-state index is 0.179. The zero-order valence-electron chi connectivity index (χ0n) is 12.9. The second-order valence-electron chi connectivity index (χ2n) is 5.22. The number of carbonyl (C=O) groups is 1. The standard InChI is InChI=1S/C18H14FN3O2/c1-22-17(23)11-10-16(21-22)12-4-8-15(9-5-12)20-18(24)13-2-6-14(19)7-3-13/h2-11H,1H3,(H,20,24). The summed E-state index contributed by atoms with van der Waals surface area (Å²) < 4.78 is 14.1. The quantitative estimate of drug-likeness (QED) is 0.806. The van der Waals surface area contributed by atoms with Crippen LogP contribution in [0.2, 0.25) is 0 Å². The summed E-state index contributed by atoms with van der Waals surface area (Å²) in [5.41, 5.74) is 2.29. The molecule has 0 atom stereocenters. The van der Waals surface area contributed by atoms with Gasteiger partial charge in [-0.2, -0.15) is 5.10 Å². The Morgan fingerprint density at radius 1 is 1.00 bits per heavy atom. The lowest BCUT2D eigenvalue weighted by Crippen LogP contribution is -2.18. The Hall–Kier alpha value is -3.28. The second-order valence-corrected chi connectivity index (χ2v) is 5.22. The summed E-state index contributed by atoms with van der Waals surface area (Å²) in [5, 5.41) is 6.91. The number of aromatic nitrogens is 2. The molecule has 0 aliphatic heterocycles. The minimum Gasteiger partial charge on any atom is -0.322 e. The van der Waals surface area contributed by atoms with Crippen molar-refractivity contribution in [1.82, 2.24) is 9.78 Å². The molecule has 1 amide bonds. The first-order valence-corrected chi connectivity index (χ1v) is 7.25. The SMILES string of the molecule is Cn1nc(-c2ccc(NC(=O)c3ccc(F)cc3)cc2)ccc1=O. The third kappa shape index (κ3) is 3.38. The maximum Gasteiger partial charge on any atom is 0.266 e. The average Bonchev–Trinajstić information content (AvgIpc) is 2.58. The van der Waals surface area contributed by atoms with Gasteiger partial charge in [0.05, 0.1) is 5.69 Å². The number of halogens is 1. The second kappa shape index (κ2) is 6.45. The summed E-state index contributed by atoms with van der Waals surface area (Å²) in [6, 6.07) is 15.5. The fraction of sp³-hybridized carbons (Fsp3) is 0.0556. The summed E-state index contributed by atoms with van der Waals surface area (Å²) in [7, 11) is 1.59. The van der Waals surface area contributed by atoms with Crippen molar-refractivity contribution in [2.24, 2.45) is 7.05 Å². The van der Waals surface area contributed by atoms with Gasteiger partial charge in [-0.3, -0.25) is 9.59 Å². The smallest absolute Gasteiger partial charge is 0.266 e. The number of hydrogen-bond donors (Lipinski definition) is 1. The highest BCUT2D eigenvalue weighted by atomic mass is 19.1. The molecule has 3 aromatic rings. The molecule has 120 valence electrons. The van der Waals surface area contributed by atoms with Crippen molar-refractivity contribution in [3.05, 3.63) is 82.4 Å². The van der Waals surface area contributed by atoms with Gasteiger partial charge < -0.3 is 5.32 Å². The Morgan fingerprint density at radius 2 is 1.67 bits per heavy atom. The van der Waals surface area contributed by atoms with Gasteiger partial charge in [0.15, 0.2) is 0 Å². The molecule has 1 heterocycles. The van der Waals surface area contributed by atoms with E-state index in [2.05, 4.69) is 10.4 Å². The van der Waals surface area contributed by atoms with Crippen LogP contribution in [0.15, 0.2) is 65.5 Å². The topological polar surface area (TPSA) is 64.0 Å². The highest BCUT2D eigenvalue weighted by molar-refractivity contribution is 6.04. The van der Waals surface area contributed by atoms with Gasteiger partial charge in [0, 0.05) is 29.9 Å². The molecular weight excluding hydrogens is 309 g/mol. The van der Waals surface area contributed by atoms with Crippen LogP contribution >= 0.6 is 0 Å². The molecule has 6 heteroatoms. The predicted octanol–water partition coefficient (Wildman–Crippen LogP) is 2.84. The third-order valence-corrected chi connectivity index (χ3v) is 3.51. The number of rotatable bonds is 3. The van der Waals surface area contributed by atoms with Crippen LogP contribution in [0.3, 0.4) is 0 Å². The number of anilines is 1. The highest BCUT2D eigenvalue weighted by Crippen LogP contribution is 2.19. The zero-order valence-corrected chi connectivity index (χ0v) is 12.9. The van der Waals surface area contributed by atoms with E-state index in [1.165, 1.54) is 35.0 Å². The molecule has 0 saturated heterocycles. The van der Waals surface area contributed by atoms with Crippen molar-refractivity contribution in [2.75, 3.05) is 5.32 Å². The van der Waals surface area contributed by atoms with Crippen molar-refractivity contribution >= 4 is 11.6 Å². The van der Waals surface area contributed by atoms with E-state index in [0.717, 1.165) is 5.56 Å². The predicted molar refractivity (Wildman–Crippen MR) is 89.3 cm³/mol. The van der Waals surface area contributed by atoms with Crippen molar-refractivity contribution < 1.29 is 9.18 Å². The van der Waals surface area contributed by atoms with E-state index >= 15 is 0 Å². The van der Waals surface area contributed by atoms with Gasteiger partial charge in [0.1, 0.15) is 5.82 Å². The minimum atomic E-state index is -0.388. The zero-order chi connectivity index (χ0) is 17.1. The molecule has 1 aromatic heterocycles. The Kier molecular flexibility index (Phi) is 4.20. The fourth-order valence-electron chi connectivity index (χ4n) is 2.19. The van der Waals surface area contributed by atoms with Gasteiger partial charge in [-0.25, -0.2) is 9.07 Å². The maximum absolute atomic E-state index is 12.9. The number of benzene rings is 2. The molecule has 0 bridgehead atoms. The molecule has 0 fully saturated rings. The Morgan fingerprint density at radius 3 is 2.29 bits per heavy atom. The molecular formula is C18H14FN3O2. The Balaban J connectivity index is 1.76. The van der Waals surface area contributed by atoms with E-state index in [4.69, 9.17) is 0 Å². The van der Waals surface area contributed by atoms with E-state index in [1.807, 2.05) is 0 Å². The number of amides is 1. The van der Waals surface area contributed by atoms with E-state index in [-0.39, 0.29) is 17.3 Å². The summed E-state index contributed by atoms with van der Waals surface area (Å²) in [6.45, 7) is 0. The van der Waals surface area contributed by atoms with Crippen LogP contribution in [0.4, 0.5) is 10.1 Å². The van der Waals surface area contributed by atoms with Crippen LogP contribution in [-0.4, -0.2) is 15.7 Å². The van der Waals surface area contributed by atoms with Gasteiger partial charge in [0.2, 0.25) is 0 Å². The lowest BCUT2D eigenvalue weighted by Gasteiger charge is -2.07. The molecule has 3 rings (SSSR count). The van der Waals surface area contributed by atoms with Crippen LogP contribution < -0.4 is 10.9 Å². The van der Waals surface area contributed by atoms with Gasteiger partial charge in [-0.15, -0.1) is 0 Å². The number of carbonyl (C=O) groups excluding carboxylic acids is 1. The van der Waals surface area contributed by atoms with Gasteiger partial charge in [-0.1, -0.05) is 12.1 Å². The van der Waals surface area contributed by atoms with E-state index in [0.29, 0.717) is 16.9 Å². The Labute approximate surface area is 137 Å². The van der Waals surface area contributed by atoms with Gasteiger partial charge in [-0.05, 0) is 42.5 Å². The Bertz CT molecular complexity index is 932. The largest absolute Gasteiger partial charge is 0.322 e. The molecule has 0 aliphatic rings. The molecule has 0 saturated carbocycles. The number of aryl methyl sites for hydroxylation is 1. The lowest BCUT2D eigenvalue weighted by molar-refractivity contribution is 0.102. The van der Waals surface area contributed by atoms with E-state index < -0.39 is 0 Å². The van der Waals surface area contributed by atoms with Crippen LogP contribution in [-0.2, 0) is 7.05 Å². The summed E-state index contributed by atoms with van der Waals surface area (Å²) in [5.74, 6) is -0.705. The van der Waals surface area contributed by atoms with Crippen molar-refractivity contribution in [3.8, 4) is 11.3 Å². The normalized spacial score (nSPS) is 10.4. The molecule has 0 unspecified atom stereocenters. The van der Waals surface area contributed by atoms with Crippen LogP contribution in [0.25, 0.3) is 11.3 Å². The van der Waals surface area contributed by atoms with E-state index in [9.17, 15) is 14.0 Å². The van der Waals surface area contributed by atoms with Crippen molar-refractivity contribution in [1.29, 1.82) is 0 Å². The molecule has 2 aromatic carbocycles. The fourth-order valence-corrected chi connectivity index (χ4v) is 2.19. The molecule has 24 heavy (non-hydrogen) atoms. The summed E-state index contributed by atoms with van der Waals surface area (Å²) in [6.07, 6.45) is 0. The first kappa shape index (κ1) is 15.6. The molecule has 5 nitrogen and oxygen atoms in total. The van der Waals surface area contributed by atoms with Crippen molar-refractivity contribution in [2.45, 2.75) is 0 Å². The van der Waals surface area contributed by atoms with Crippen LogP contribution in [0, 0.1) is 5.82 Å². The lowest BCUT2D eigenvalue weighted by atomic mass is 10.1. The number of nitrogens with zero attached hydrogens (tertiary/aromatic N) is 2. The maximum atomic E-state index is 12.9. The summed E-state index contributed by atoms with van der Waals surface area (Å²) in [4.78, 5) is 23.4. The molecule has 0 radical (unpaired) electrons. The first-order valence-electron chi connectivity index (χ1n) is 7.25. The monoisotopic (exact) mass is 323 g/mol. The average molecular weight is 323 g/mol. The van der Waals surface area contributed by atoms with Crippen LogP contribution in [0.1, 0.15) is 10.4 Å². The summed E-state index contributed by atoms with van der Waals surface area (Å²) >= 11 is 0. The molecule has 0 aliphatic carbocycles. The number of hydrogen-bond acceptors (Lipinski definition) is 3. The number of nitrogens with one attached hydrogen (secondary N) is 1.